The maximum absolute atomic E-state index is 8.77. The van der Waals surface area contributed by atoms with Crippen molar-refractivity contribution < 1.29 is 235 Å². The molecule has 0 saturated carbocycles. The zero-order valence-electron chi connectivity index (χ0n) is 8.66. The Kier molecular flexibility index (Phi) is 65.0. The van der Waals surface area contributed by atoms with Crippen LogP contribution < -0.4 is 211 Å². The van der Waals surface area contributed by atoms with Crippen LogP contribution in [0.2, 0.25) is 0 Å². The topological polar surface area (TPSA) is 164 Å². The van der Waals surface area contributed by atoms with Gasteiger partial charge in [-0.1, -0.05) is 0 Å². The van der Waals surface area contributed by atoms with Crippen LogP contribution in [0.5, 0.6) is 0 Å². The van der Waals surface area contributed by atoms with E-state index in [4.69, 9.17) is 38.5 Å². The summed E-state index contributed by atoms with van der Waals surface area (Å²) in [4.78, 5) is 47.2. The van der Waals surface area contributed by atoms with Crippen molar-refractivity contribution in [3.05, 3.63) is 0 Å². The molecule has 3 N–H and O–H groups in total. The van der Waals surface area contributed by atoms with E-state index >= 15 is 0 Å². The minimum Gasteiger partial charge on any atom is -1.00 e. The zero-order chi connectivity index (χ0) is 9.00. The van der Waals surface area contributed by atoms with Crippen LogP contribution in [0, 0.1) is 0 Å². The first-order valence-corrected chi connectivity index (χ1v) is 4.54. The van der Waals surface area contributed by atoms with E-state index in [2.05, 4.69) is 0 Å². The van der Waals surface area contributed by atoms with Crippen LogP contribution >= 0.6 is 15.6 Å². The molecule has 0 aromatic rings. The Balaban J connectivity index is -0.0000000128. The molecular formula is H3ClK3NaO8P2. The quantitative estimate of drug-likeness (QED) is 0.280. The molecule has 0 saturated heterocycles. The first kappa shape index (κ1) is 43.0. The largest absolute Gasteiger partial charge is 1.00 e. The van der Waals surface area contributed by atoms with Gasteiger partial charge < -0.3 is 46.3 Å². The predicted octanol–water partition coefficient (Wildman–Crippen LogP) is -18.7. The minimum atomic E-state index is -5.14. The third-order valence-corrected chi connectivity index (χ3v) is 0. The molecule has 0 aliphatic carbocycles. The van der Waals surface area contributed by atoms with Crippen molar-refractivity contribution in [3.8, 4) is 0 Å². The summed E-state index contributed by atoms with van der Waals surface area (Å²) in [6, 6.07) is 0. The number of rotatable bonds is 0. The van der Waals surface area contributed by atoms with Gasteiger partial charge in [0, 0.05) is 0 Å². The average molecular weight is 369 g/mol. The van der Waals surface area contributed by atoms with Gasteiger partial charge in [-0.05, 0) is 0 Å². The summed E-state index contributed by atoms with van der Waals surface area (Å²) in [6.07, 6.45) is 0. The molecule has 15 heavy (non-hydrogen) atoms. The molecule has 0 heterocycles. The Morgan fingerprint density at radius 2 is 0.800 bits per heavy atom. The van der Waals surface area contributed by atoms with Crippen molar-refractivity contribution in [1.29, 1.82) is 0 Å². The van der Waals surface area contributed by atoms with Crippen molar-refractivity contribution in [2.75, 3.05) is 0 Å². The fourth-order valence-corrected chi connectivity index (χ4v) is 0. The van der Waals surface area contributed by atoms with E-state index < -0.39 is 15.6 Å². The molecule has 0 bridgehead atoms. The summed E-state index contributed by atoms with van der Waals surface area (Å²) in [7, 11) is -10.0. The van der Waals surface area contributed by atoms with Crippen LogP contribution in [-0.2, 0) is 9.13 Å². The molecule has 0 spiro atoms. The van der Waals surface area contributed by atoms with E-state index in [1.54, 1.807) is 0 Å². The maximum Gasteiger partial charge on any atom is 1.00 e. The van der Waals surface area contributed by atoms with E-state index in [1.165, 1.54) is 0 Å². The van der Waals surface area contributed by atoms with Gasteiger partial charge >= 0.3 is 184 Å². The van der Waals surface area contributed by atoms with Gasteiger partial charge in [-0.25, -0.2) is 0 Å². The van der Waals surface area contributed by atoms with Crippen molar-refractivity contribution in [1.82, 2.24) is 0 Å². The van der Waals surface area contributed by atoms with E-state index in [0.717, 1.165) is 0 Å². The van der Waals surface area contributed by atoms with Crippen molar-refractivity contribution >= 4 is 15.6 Å². The number of hydrogen-bond acceptors (Lipinski definition) is 5. The molecule has 0 aliphatic rings. The van der Waals surface area contributed by atoms with Gasteiger partial charge in [0.2, 0.25) is 0 Å². The van der Waals surface area contributed by atoms with E-state index in [-0.39, 0.29) is 196 Å². The molecule has 8 nitrogen and oxygen atoms in total. The standard InChI is InChI=1S/ClH.3K.Na.2H3O4P/c;;;;;2*1-5(2,3)4/h1H;;;;;2*(H3,1,2,3,4)/q;4*+1;;/p-4. The summed E-state index contributed by atoms with van der Waals surface area (Å²) < 4.78 is 17.4. The molecular weight excluding hydrogens is 366 g/mol. The Labute approximate surface area is 243 Å². The second-order valence-electron chi connectivity index (χ2n) is 0.959. The van der Waals surface area contributed by atoms with E-state index in [9.17, 15) is 0 Å². The monoisotopic (exact) mass is 368 g/mol. The smallest absolute Gasteiger partial charge is 1.00 e. The second kappa shape index (κ2) is 22.7. The van der Waals surface area contributed by atoms with Crippen LogP contribution in [-0.4, -0.2) is 14.7 Å². The van der Waals surface area contributed by atoms with Gasteiger partial charge in [0.25, 0.3) is 7.82 Å². The molecule has 72 valence electrons. The fourth-order valence-electron chi connectivity index (χ4n) is 0. The SMILES string of the molecule is O=P([O-])(O)O.O=P([O-])([O-])O.[Cl-].[K+].[K+].[K+].[Na+]. The third-order valence-electron chi connectivity index (χ3n) is 0. The Morgan fingerprint density at radius 1 is 0.800 bits per heavy atom. The summed E-state index contributed by atoms with van der Waals surface area (Å²) in [5.74, 6) is 0. The van der Waals surface area contributed by atoms with Crippen molar-refractivity contribution in [3.63, 3.8) is 0 Å². The van der Waals surface area contributed by atoms with Crippen LogP contribution in [0.25, 0.3) is 0 Å². The normalized spacial score (nSPS) is 7.87. The molecule has 0 fully saturated rings. The molecule has 0 atom stereocenters. The predicted molar refractivity (Wildman–Crippen MR) is 21.9 cm³/mol. The summed E-state index contributed by atoms with van der Waals surface area (Å²) >= 11 is 0. The number of hydrogen-bond donors (Lipinski definition) is 3. The molecule has 0 amide bonds. The van der Waals surface area contributed by atoms with Crippen molar-refractivity contribution in [2.45, 2.75) is 0 Å². The minimum absolute atomic E-state index is 0. The van der Waals surface area contributed by atoms with E-state index in [0.29, 0.717) is 0 Å². The summed E-state index contributed by atoms with van der Waals surface area (Å²) in [5, 5.41) is 0. The zero-order valence-corrected chi connectivity index (χ0v) is 22.6. The van der Waals surface area contributed by atoms with Crippen LogP contribution in [0.15, 0.2) is 0 Å². The maximum atomic E-state index is 8.77. The molecule has 0 rings (SSSR count). The van der Waals surface area contributed by atoms with Gasteiger partial charge in [-0.15, -0.1) is 0 Å². The van der Waals surface area contributed by atoms with Gasteiger partial charge in [-0.2, -0.15) is 0 Å². The van der Waals surface area contributed by atoms with Crippen LogP contribution in [0.4, 0.5) is 0 Å². The molecule has 0 aromatic carbocycles. The molecule has 0 radical (unpaired) electrons. The average Bonchev–Trinajstić information content (AvgIpc) is 1.12. The van der Waals surface area contributed by atoms with Gasteiger partial charge in [0.05, 0.1) is 7.82 Å². The molecule has 0 unspecified atom stereocenters. The number of phosphoric acid groups is 2. The Bertz CT molecular complexity index is 140. The summed E-state index contributed by atoms with van der Waals surface area (Å²) in [6.45, 7) is 0. The summed E-state index contributed by atoms with van der Waals surface area (Å²) in [5.41, 5.74) is 0. The van der Waals surface area contributed by atoms with Gasteiger partial charge in [0.15, 0.2) is 0 Å². The number of halogens is 1. The molecule has 15 heteroatoms. The third kappa shape index (κ3) is 168. The second-order valence-corrected chi connectivity index (χ2v) is 2.88. The van der Waals surface area contributed by atoms with Crippen molar-refractivity contribution in [2.24, 2.45) is 0 Å². The van der Waals surface area contributed by atoms with E-state index in [1.807, 2.05) is 0 Å². The van der Waals surface area contributed by atoms with Crippen LogP contribution in [0.3, 0.4) is 0 Å². The Morgan fingerprint density at radius 3 is 0.800 bits per heavy atom. The van der Waals surface area contributed by atoms with Gasteiger partial charge in [0.1, 0.15) is 0 Å². The van der Waals surface area contributed by atoms with Gasteiger partial charge in [-0.3, -0.25) is 4.57 Å². The van der Waals surface area contributed by atoms with Crippen LogP contribution in [0.1, 0.15) is 0 Å². The fraction of sp³-hybridized carbons (Fsp3) is 0. The molecule has 0 aromatic heterocycles. The molecule has 0 aliphatic heterocycles. The first-order valence-electron chi connectivity index (χ1n) is 1.51. The Hall–Kier alpha value is 6.42. The first-order chi connectivity index (χ1) is 4.00.